The van der Waals surface area contributed by atoms with E-state index in [1.54, 1.807) is 0 Å². The minimum atomic E-state index is -0.200. The number of hydrogen-bond donors (Lipinski definition) is 1. The highest BCUT2D eigenvalue weighted by Gasteiger charge is 2.16. The van der Waals surface area contributed by atoms with E-state index in [0.29, 0.717) is 12.4 Å². The summed E-state index contributed by atoms with van der Waals surface area (Å²) in [4.78, 5) is 8.90. The molecule has 0 fully saturated rings. The van der Waals surface area contributed by atoms with Crippen molar-refractivity contribution in [3.63, 3.8) is 0 Å². The summed E-state index contributed by atoms with van der Waals surface area (Å²) >= 11 is 0. The minimum Gasteiger partial charge on any atom is -0.366 e. The van der Waals surface area contributed by atoms with Gasteiger partial charge in [-0.2, -0.15) is 0 Å². The van der Waals surface area contributed by atoms with Gasteiger partial charge in [-0.3, -0.25) is 0 Å². The van der Waals surface area contributed by atoms with Crippen molar-refractivity contribution in [3.05, 3.63) is 59.7 Å². The zero-order chi connectivity index (χ0) is 14.2. The van der Waals surface area contributed by atoms with Gasteiger partial charge in [0.15, 0.2) is 5.82 Å². The summed E-state index contributed by atoms with van der Waals surface area (Å²) in [6.07, 6.45) is 3.52. The minimum absolute atomic E-state index is 0.200. The van der Waals surface area contributed by atoms with Gasteiger partial charge in [0.05, 0.1) is 0 Å². The van der Waals surface area contributed by atoms with Gasteiger partial charge in [-0.25, -0.2) is 9.97 Å². The maximum absolute atomic E-state index is 5.79. The van der Waals surface area contributed by atoms with E-state index in [-0.39, 0.29) is 6.10 Å². The Morgan fingerprint density at radius 2 is 1.80 bits per heavy atom. The zero-order valence-electron chi connectivity index (χ0n) is 12.0. The van der Waals surface area contributed by atoms with Crippen LogP contribution in [0.4, 0.5) is 0 Å². The maximum atomic E-state index is 5.79. The molecular weight excluding hydrogens is 250 g/mol. The van der Waals surface area contributed by atoms with Gasteiger partial charge in [-0.05, 0) is 19.0 Å². The van der Waals surface area contributed by atoms with E-state index in [1.807, 2.05) is 49.6 Å². The smallest absolute Gasteiger partial charge is 0.161 e. The van der Waals surface area contributed by atoms with Gasteiger partial charge in [0.25, 0.3) is 0 Å². The number of benzene rings is 1. The highest BCUT2D eigenvalue weighted by molar-refractivity contribution is 5.23. The molecule has 0 amide bonds. The first-order valence-corrected chi connectivity index (χ1v) is 7.03. The molecular formula is C16H21N3O. The topological polar surface area (TPSA) is 47.0 Å². The molecule has 4 nitrogen and oxygen atoms in total. The fourth-order valence-corrected chi connectivity index (χ4v) is 1.98. The van der Waals surface area contributed by atoms with Crippen molar-refractivity contribution in [2.45, 2.75) is 26.5 Å². The quantitative estimate of drug-likeness (QED) is 0.841. The Hall–Kier alpha value is -1.78. The Morgan fingerprint density at radius 3 is 2.40 bits per heavy atom. The molecule has 0 aliphatic carbocycles. The van der Waals surface area contributed by atoms with Gasteiger partial charge >= 0.3 is 0 Å². The largest absolute Gasteiger partial charge is 0.366 e. The molecule has 1 heterocycles. The molecule has 1 aromatic heterocycles. The Bertz CT molecular complexity index is 499. The van der Waals surface area contributed by atoms with Crippen LogP contribution in [-0.4, -0.2) is 23.1 Å². The molecule has 20 heavy (non-hydrogen) atoms. The van der Waals surface area contributed by atoms with E-state index < -0.39 is 0 Å². The standard InChI is InChI=1S/C16H21N3O/c1-3-17-10-13-11-18-16(19-12-13)15(20-4-2)14-8-6-5-7-9-14/h5-9,11-12,15,17H,3-4,10H2,1-2H3. The summed E-state index contributed by atoms with van der Waals surface area (Å²) in [5, 5.41) is 3.26. The number of nitrogens with zero attached hydrogens (tertiary/aromatic N) is 2. The summed E-state index contributed by atoms with van der Waals surface area (Å²) in [5.41, 5.74) is 2.16. The zero-order valence-corrected chi connectivity index (χ0v) is 12.0. The summed E-state index contributed by atoms with van der Waals surface area (Å²) in [5.74, 6) is 0.707. The van der Waals surface area contributed by atoms with E-state index in [2.05, 4.69) is 22.2 Å². The fraction of sp³-hybridized carbons (Fsp3) is 0.375. The number of rotatable bonds is 7. The lowest BCUT2D eigenvalue weighted by molar-refractivity contribution is 0.0850. The number of aromatic nitrogens is 2. The van der Waals surface area contributed by atoms with Crippen LogP contribution < -0.4 is 5.32 Å². The number of hydrogen-bond acceptors (Lipinski definition) is 4. The molecule has 0 bridgehead atoms. The maximum Gasteiger partial charge on any atom is 0.161 e. The second kappa shape index (κ2) is 7.72. The molecule has 4 heteroatoms. The summed E-state index contributed by atoms with van der Waals surface area (Å²) in [6, 6.07) is 10.1. The third kappa shape index (κ3) is 3.85. The van der Waals surface area contributed by atoms with Crippen molar-refractivity contribution in [2.75, 3.05) is 13.2 Å². The first kappa shape index (κ1) is 14.6. The van der Waals surface area contributed by atoms with Crippen LogP contribution in [0.15, 0.2) is 42.7 Å². The first-order chi connectivity index (χ1) is 9.85. The highest BCUT2D eigenvalue weighted by Crippen LogP contribution is 2.22. The molecule has 2 rings (SSSR count). The normalized spacial score (nSPS) is 12.3. The average Bonchev–Trinajstić information content (AvgIpc) is 2.52. The monoisotopic (exact) mass is 271 g/mol. The Kier molecular flexibility index (Phi) is 5.65. The summed E-state index contributed by atoms with van der Waals surface area (Å²) < 4.78 is 5.79. The second-order valence-electron chi connectivity index (χ2n) is 4.48. The lowest BCUT2D eigenvalue weighted by atomic mass is 10.1. The van der Waals surface area contributed by atoms with E-state index >= 15 is 0 Å². The molecule has 1 N–H and O–H groups in total. The highest BCUT2D eigenvalue weighted by atomic mass is 16.5. The van der Waals surface area contributed by atoms with Gasteiger partial charge in [-0.15, -0.1) is 0 Å². The van der Waals surface area contributed by atoms with Crippen LogP contribution in [0.25, 0.3) is 0 Å². The van der Waals surface area contributed by atoms with Crippen LogP contribution in [0.3, 0.4) is 0 Å². The van der Waals surface area contributed by atoms with E-state index in [4.69, 9.17) is 4.74 Å². The molecule has 0 radical (unpaired) electrons. The van der Waals surface area contributed by atoms with Crippen molar-refractivity contribution in [1.82, 2.24) is 15.3 Å². The summed E-state index contributed by atoms with van der Waals surface area (Å²) in [6.45, 7) is 6.42. The molecule has 106 valence electrons. The Morgan fingerprint density at radius 1 is 1.10 bits per heavy atom. The second-order valence-corrected chi connectivity index (χ2v) is 4.48. The molecule has 0 saturated carbocycles. The van der Waals surface area contributed by atoms with Gasteiger partial charge in [0.1, 0.15) is 6.10 Å². The first-order valence-electron chi connectivity index (χ1n) is 7.03. The summed E-state index contributed by atoms with van der Waals surface area (Å²) in [7, 11) is 0. The van der Waals surface area contributed by atoms with Crippen LogP contribution in [0.1, 0.15) is 36.9 Å². The number of ether oxygens (including phenoxy) is 1. The van der Waals surface area contributed by atoms with Crippen LogP contribution in [0, 0.1) is 0 Å². The molecule has 0 aliphatic rings. The van der Waals surface area contributed by atoms with Crippen LogP contribution in [-0.2, 0) is 11.3 Å². The SMILES string of the molecule is CCNCc1cnc(C(OCC)c2ccccc2)nc1. The van der Waals surface area contributed by atoms with Gasteiger partial charge in [0.2, 0.25) is 0 Å². The lowest BCUT2D eigenvalue weighted by Crippen LogP contribution is -2.14. The Labute approximate surface area is 120 Å². The van der Waals surface area contributed by atoms with Crippen molar-refractivity contribution >= 4 is 0 Å². The van der Waals surface area contributed by atoms with E-state index in [0.717, 1.165) is 24.2 Å². The molecule has 0 saturated heterocycles. The molecule has 0 spiro atoms. The van der Waals surface area contributed by atoms with Crippen molar-refractivity contribution in [2.24, 2.45) is 0 Å². The van der Waals surface area contributed by atoms with E-state index in [1.165, 1.54) is 0 Å². The molecule has 1 unspecified atom stereocenters. The fourth-order valence-electron chi connectivity index (χ4n) is 1.98. The molecule has 1 atom stereocenters. The molecule has 2 aromatic rings. The lowest BCUT2D eigenvalue weighted by Gasteiger charge is -2.16. The predicted octanol–water partition coefficient (Wildman–Crippen LogP) is 2.71. The van der Waals surface area contributed by atoms with Gasteiger partial charge in [0, 0.05) is 31.1 Å². The van der Waals surface area contributed by atoms with Crippen LogP contribution in [0.5, 0.6) is 0 Å². The van der Waals surface area contributed by atoms with Crippen molar-refractivity contribution in [3.8, 4) is 0 Å². The average molecular weight is 271 g/mol. The van der Waals surface area contributed by atoms with Crippen LogP contribution >= 0.6 is 0 Å². The molecule has 0 aliphatic heterocycles. The van der Waals surface area contributed by atoms with E-state index in [9.17, 15) is 0 Å². The van der Waals surface area contributed by atoms with Crippen molar-refractivity contribution in [1.29, 1.82) is 0 Å². The van der Waals surface area contributed by atoms with Crippen molar-refractivity contribution < 1.29 is 4.74 Å². The van der Waals surface area contributed by atoms with Crippen LogP contribution in [0.2, 0.25) is 0 Å². The third-order valence-corrected chi connectivity index (χ3v) is 2.97. The third-order valence-electron chi connectivity index (χ3n) is 2.97. The number of nitrogens with one attached hydrogen (secondary N) is 1. The van der Waals surface area contributed by atoms with Gasteiger partial charge in [-0.1, -0.05) is 37.3 Å². The van der Waals surface area contributed by atoms with Gasteiger partial charge < -0.3 is 10.1 Å². The Balaban J connectivity index is 2.17. The predicted molar refractivity (Wildman–Crippen MR) is 79.3 cm³/mol. The molecule has 1 aromatic carbocycles.